The number of ether oxygens (including phenoxy) is 7. The minimum Gasteiger partial charge on any atom is -0.504 e. The van der Waals surface area contributed by atoms with E-state index in [1.807, 2.05) is 0 Å². The van der Waals surface area contributed by atoms with Crippen molar-refractivity contribution in [2.75, 3.05) is 33.5 Å². The fraction of sp³-hybridized carbons (Fsp3) is 0.679. The number of aromatic hydroxyl groups is 1. The molecule has 0 saturated carbocycles. The molecule has 47 heavy (non-hydrogen) atoms. The lowest BCUT2D eigenvalue weighted by Crippen LogP contribution is -2.66. The highest BCUT2D eigenvalue weighted by Crippen LogP contribution is 2.37. The number of carbonyl (C=O) groups excluding carboxylic acids is 1. The van der Waals surface area contributed by atoms with Crippen molar-refractivity contribution in [3.63, 3.8) is 0 Å². The summed E-state index contributed by atoms with van der Waals surface area (Å²) >= 11 is 0. The molecule has 1 aromatic carbocycles. The summed E-state index contributed by atoms with van der Waals surface area (Å²) in [7, 11) is 1.34. The van der Waals surface area contributed by atoms with Crippen molar-refractivity contribution >= 4 is 12.0 Å². The molecule has 0 unspecified atom stereocenters. The molecule has 0 aliphatic carbocycles. The summed E-state index contributed by atoms with van der Waals surface area (Å²) in [4.78, 5) is 12.5. The molecule has 3 heterocycles. The molecule has 0 spiro atoms. The predicted molar refractivity (Wildman–Crippen MR) is 149 cm³/mol. The number of phenolic OH excluding ortho intramolecular Hbond substituents is 1. The summed E-state index contributed by atoms with van der Waals surface area (Å²) < 4.78 is 37.6. The lowest BCUT2D eigenvalue weighted by molar-refractivity contribution is -0.399. The summed E-state index contributed by atoms with van der Waals surface area (Å²) in [6, 6.07) is 4.25. The van der Waals surface area contributed by atoms with Crippen LogP contribution in [0.1, 0.15) is 5.56 Å². The van der Waals surface area contributed by atoms with Gasteiger partial charge in [0.25, 0.3) is 0 Å². The maximum atomic E-state index is 12.5. The van der Waals surface area contributed by atoms with E-state index in [-0.39, 0.29) is 11.5 Å². The zero-order valence-electron chi connectivity index (χ0n) is 24.9. The Kier molecular flexibility index (Phi) is 12.5. The number of hydrogen-bond acceptors (Lipinski definition) is 19. The van der Waals surface area contributed by atoms with Crippen molar-refractivity contribution in [2.45, 2.75) is 85.5 Å². The van der Waals surface area contributed by atoms with Gasteiger partial charge in [-0.15, -0.1) is 0 Å². The van der Waals surface area contributed by atoms with E-state index >= 15 is 0 Å². The van der Waals surface area contributed by atoms with Crippen LogP contribution in [0.3, 0.4) is 0 Å². The zero-order valence-corrected chi connectivity index (χ0v) is 24.9. The van der Waals surface area contributed by atoms with Crippen LogP contribution in [0, 0.1) is 0 Å². The van der Waals surface area contributed by atoms with Gasteiger partial charge in [0, 0.05) is 6.08 Å². The number of esters is 1. The van der Waals surface area contributed by atoms with Crippen molar-refractivity contribution in [1.29, 1.82) is 0 Å². The summed E-state index contributed by atoms with van der Waals surface area (Å²) in [5, 5.41) is 113. The molecule has 0 bridgehead atoms. The monoisotopic (exact) mass is 680 g/mol. The molecule has 3 aliphatic rings. The Bertz CT molecular complexity index is 1210. The van der Waals surface area contributed by atoms with E-state index in [0.717, 1.165) is 6.08 Å². The van der Waals surface area contributed by atoms with Crippen molar-refractivity contribution in [3.05, 3.63) is 29.8 Å². The zero-order chi connectivity index (χ0) is 34.6. The van der Waals surface area contributed by atoms with Gasteiger partial charge in [0.2, 0.25) is 5.79 Å². The van der Waals surface area contributed by atoms with Crippen LogP contribution in [0.2, 0.25) is 0 Å². The van der Waals surface area contributed by atoms with Gasteiger partial charge in [-0.25, -0.2) is 4.79 Å². The van der Waals surface area contributed by atoms with Gasteiger partial charge in [0.15, 0.2) is 24.1 Å². The summed E-state index contributed by atoms with van der Waals surface area (Å²) in [5.74, 6) is -3.42. The predicted octanol–water partition coefficient (Wildman–Crippen LogP) is -5.59. The van der Waals surface area contributed by atoms with Crippen molar-refractivity contribution in [2.24, 2.45) is 0 Å². The lowest BCUT2D eigenvalue weighted by atomic mass is 9.96. The highest BCUT2D eigenvalue weighted by Gasteiger charge is 2.59. The van der Waals surface area contributed by atoms with Gasteiger partial charge in [-0.2, -0.15) is 0 Å². The van der Waals surface area contributed by atoms with Crippen LogP contribution in [0.25, 0.3) is 6.08 Å². The second-order valence-corrected chi connectivity index (χ2v) is 11.1. The fourth-order valence-electron chi connectivity index (χ4n) is 5.27. The highest BCUT2D eigenvalue weighted by atomic mass is 16.8. The SMILES string of the molecule is COc1cc(/C=C/C(=O)OC[C@H]2O[C@H](O[C@]3(CO)O[C@H](CO)[C@@H](O)[C@@H]3O)[C@H](O)[C@@H](O[C@@H]3O[C@H](CO)[C@@H](O)[C@H](O)[C@H]3O)[C@@H]2O)ccc1O. The number of hydrogen-bond donors (Lipinski definition) is 11. The topological polar surface area (TPSA) is 304 Å². The number of carbonyl (C=O) groups is 1. The molecule has 0 aromatic heterocycles. The molecule has 3 fully saturated rings. The largest absolute Gasteiger partial charge is 0.504 e. The van der Waals surface area contributed by atoms with Crippen LogP contribution < -0.4 is 4.74 Å². The summed E-state index contributed by atoms with van der Waals surface area (Å²) in [6.45, 7) is -3.49. The molecular formula is C28H40O19. The summed E-state index contributed by atoms with van der Waals surface area (Å²) in [5.41, 5.74) is 0.447. The molecular weight excluding hydrogens is 640 g/mol. The van der Waals surface area contributed by atoms with Gasteiger partial charge in [-0.05, 0) is 23.8 Å². The molecule has 14 atom stereocenters. The molecule has 0 amide bonds. The number of rotatable bonds is 12. The maximum absolute atomic E-state index is 12.5. The van der Waals surface area contributed by atoms with E-state index in [0.29, 0.717) is 5.56 Å². The van der Waals surface area contributed by atoms with Crippen molar-refractivity contribution in [3.8, 4) is 11.5 Å². The van der Waals surface area contributed by atoms with Crippen LogP contribution >= 0.6 is 0 Å². The van der Waals surface area contributed by atoms with Crippen LogP contribution in [-0.2, 0) is 33.2 Å². The molecule has 11 N–H and O–H groups in total. The molecule has 0 radical (unpaired) electrons. The van der Waals surface area contributed by atoms with Gasteiger partial charge in [0.1, 0.15) is 80.4 Å². The Balaban J connectivity index is 1.55. The third-order valence-corrected chi connectivity index (χ3v) is 8.01. The van der Waals surface area contributed by atoms with E-state index in [4.69, 9.17) is 33.2 Å². The highest BCUT2D eigenvalue weighted by molar-refractivity contribution is 5.87. The minimum absolute atomic E-state index is 0.130. The van der Waals surface area contributed by atoms with Gasteiger partial charge in [-0.1, -0.05) is 6.07 Å². The first-order valence-corrected chi connectivity index (χ1v) is 14.4. The van der Waals surface area contributed by atoms with E-state index in [2.05, 4.69) is 0 Å². The third-order valence-electron chi connectivity index (χ3n) is 8.01. The number of aliphatic hydroxyl groups is 10. The van der Waals surface area contributed by atoms with Crippen LogP contribution in [0.5, 0.6) is 11.5 Å². The average molecular weight is 681 g/mol. The first-order valence-electron chi connectivity index (χ1n) is 14.4. The number of phenols is 1. The van der Waals surface area contributed by atoms with E-state index in [9.17, 15) is 61.0 Å². The molecule has 19 nitrogen and oxygen atoms in total. The van der Waals surface area contributed by atoms with E-state index < -0.39 is 118 Å². The molecule has 3 saturated heterocycles. The van der Waals surface area contributed by atoms with Crippen LogP contribution in [0.15, 0.2) is 24.3 Å². The third kappa shape index (κ3) is 7.85. The number of benzene rings is 1. The molecule has 3 aliphatic heterocycles. The molecule has 1 aromatic rings. The fourth-order valence-corrected chi connectivity index (χ4v) is 5.27. The smallest absolute Gasteiger partial charge is 0.330 e. The quantitative estimate of drug-likeness (QED) is 0.0724. The Morgan fingerprint density at radius 3 is 2.15 bits per heavy atom. The maximum Gasteiger partial charge on any atom is 0.330 e. The lowest BCUT2D eigenvalue weighted by Gasteiger charge is -2.47. The van der Waals surface area contributed by atoms with Gasteiger partial charge in [-0.3, -0.25) is 0 Å². The minimum atomic E-state index is -2.48. The van der Waals surface area contributed by atoms with Gasteiger partial charge in [0.05, 0.1) is 20.3 Å². The van der Waals surface area contributed by atoms with E-state index in [1.165, 1.54) is 31.4 Å². The van der Waals surface area contributed by atoms with Gasteiger partial charge >= 0.3 is 5.97 Å². The second kappa shape index (κ2) is 15.8. The summed E-state index contributed by atoms with van der Waals surface area (Å²) in [6.07, 6.45) is -21.2. The molecule has 19 heteroatoms. The Morgan fingerprint density at radius 2 is 1.53 bits per heavy atom. The van der Waals surface area contributed by atoms with Crippen LogP contribution in [-0.4, -0.2) is 181 Å². The van der Waals surface area contributed by atoms with Crippen molar-refractivity contribution < 1.29 is 94.1 Å². The standard InChI is InChI=1S/C28H40O19/c1-41-13-6-11(2-4-12(13)32)3-5-17(33)42-9-16-19(35)24(45-26-22(38)21(37)18(34)14(7-29)43-26)23(39)27(44-16)47-28(10-31)25(40)20(36)15(8-30)46-28/h2-6,14-16,18-27,29-32,34-40H,7-10H2,1H3/b5-3+/t14-,15-,16-,18-,19-,20-,21+,22-,23-,24+,25+,26+,27-,28+/m1/s1. The number of methoxy groups -OCH3 is 1. The van der Waals surface area contributed by atoms with Crippen LogP contribution in [0.4, 0.5) is 0 Å². The average Bonchev–Trinajstić information content (AvgIpc) is 3.31. The molecule has 4 rings (SSSR count). The Morgan fingerprint density at radius 1 is 0.851 bits per heavy atom. The molecule has 266 valence electrons. The Labute approximate surface area is 266 Å². The second-order valence-electron chi connectivity index (χ2n) is 11.1. The van der Waals surface area contributed by atoms with Gasteiger partial charge < -0.3 is 89.3 Å². The van der Waals surface area contributed by atoms with E-state index in [1.54, 1.807) is 0 Å². The van der Waals surface area contributed by atoms with Crippen molar-refractivity contribution in [1.82, 2.24) is 0 Å². The number of aliphatic hydroxyl groups excluding tert-OH is 10. The normalized spacial score (nSPS) is 40.9. The first-order chi connectivity index (χ1) is 22.3. The Hall–Kier alpha value is -2.57. The first kappa shape index (κ1) is 37.3.